The minimum atomic E-state index is 0.199. The van der Waals surface area contributed by atoms with Crippen LogP contribution in [-0.4, -0.2) is 26.3 Å². The Bertz CT molecular complexity index is 419. The summed E-state index contributed by atoms with van der Waals surface area (Å²) in [4.78, 5) is 0. The number of hydrogen-bond acceptors (Lipinski definition) is 3. The molecule has 3 rings (SSSR count). The molecule has 3 nitrogen and oxygen atoms in total. The lowest BCUT2D eigenvalue weighted by Crippen LogP contribution is -2.33. The van der Waals surface area contributed by atoms with E-state index in [9.17, 15) is 0 Å². The zero-order valence-electron chi connectivity index (χ0n) is 10.4. The maximum atomic E-state index is 6.05. The molecule has 0 saturated carbocycles. The van der Waals surface area contributed by atoms with Gasteiger partial charge in [0.25, 0.3) is 0 Å². The Hall–Kier alpha value is -1.06. The van der Waals surface area contributed by atoms with Gasteiger partial charge in [-0.3, -0.25) is 0 Å². The molecular formula is C14H19NO2. The summed E-state index contributed by atoms with van der Waals surface area (Å²) in [6, 6.07) is 6.75. The highest BCUT2D eigenvalue weighted by Crippen LogP contribution is 2.37. The van der Waals surface area contributed by atoms with Crippen LogP contribution < -0.4 is 10.1 Å². The second-order valence-corrected chi connectivity index (χ2v) is 5.14. The zero-order valence-corrected chi connectivity index (χ0v) is 10.4. The van der Waals surface area contributed by atoms with E-state index in [1.165, 1.54) is 11.1 Å². The minimum Gasteiger partial charge on any atom is -0.497 e. The van der Waals surface area contributed by atoms with Crippen molar-refractivity contribution in [2.75, 3.05) is 20.3 Å². The van der Waals surface area contributed by atoms with Gasteiger partial charge in [-0.1, -0.05) is 13.0 Å². The van der Waals surface area contributed by atoms with Crippen LogP contribution >= 0.6 is 0 Å². The van der Waals surface area contributed by atoms with Gasteiger partial charge in [-0.2, -0.15) is 0 Å². The van der Waals surface area contributed by atoms with E-state index in [4.69, 9.17) is 9.47 Å². The number of fused-ring (bicyclic) bond motifs is 3. The van der Waals surface area contributed by atoms with Gasteiger partial charge < -0.3 is 14.8 Å². The summed E-state index contributed by atoms with van der Waals surface area (Å²) in [5.41, 5.74) is 2.69. The fourth-order valence-corrected chi connectivity index (χ4v) is 2.78. The summed E-state index contributed by atoms with van der Waals surface area (Å²) in [6.07, 6.45) is 1.27. The molecule has 3 heteroatoms. The van der Waals surface area contributed by atoms with E-state index in [0.717, 1.165) is 25.3 Å². The Morgan fingerprint density at radius 2 is 2.29 bits per heavy atom. The van der Waals surface area contributed by atoms with Crippen molar-refractivity contribution in [3.8, 4) is 5.75 Å². The van der Waals surface area contributed by atoms with Crippen molar-refractivity contribution in [1.82, 2.24) is 5.32 Å². The Balaban J connectivity index is 1.91. The molecule has 1 heterocycles. The molecule has 0 bridgehead atoms. The third-order valence-electron chi connectivity index (χ3n) is 3.75. The Morgan fingerprint density at radius 1 is 1.41 bits per heavy atom. The highest BCUT2D eigenvalue weighted by molar-refractivity contribution is 5.42. The van der Waals surface area contributed by atoms with Crippen LogP contribution in [0.3, 0.4) is 0 Å². The number of ether oxygens (including phenoxy) is 2. The highest BCUT2D eigenvalue weighted by atomic mass is 16.5. The molecule has 1 aliphatic carbocycles. The summed E-state index contributed by atoms with van der Waals surface area (Å²) >= 11 is 0. The van der Waals surface area contributed by atoms with E-state index in [1.54, 1.807) is 7.11 Å². The molecule has 0 aromatic heterocycles. The fraction of sp³-hybridized carbons (Fsp3) is 0.571. The van der Waals surface area contributed by atoms with Crippen LogP contribution in [0, 0.1) is 5.92 Å². The largest absolute Gasteiger partial charge is 0.497 e. The lowest BCUT2D eigenvalue weighted by molar-refractivity contribution is 0.0376. The van der Waals surface area contributed by atoms with Gasteiger partial charge in [0.1, 0.15) is 5.75 Å². The molecule has 1 saturated heterocycles. The summed E-state index contributed by atoms with van der Waals surface area (Å²) in [7, 11) is 1.71. The quantitative estimate of drug-likeness (QED) is 0.804. The van der Waals surface area contributed by atoms with E-state index in [2.05, 4.69) is 24.4 Å². The second-order valence-electron chi connectivity index (χ2n) is 5.14. The number of methoxy groups -OCH3 is 1. The van der Waals surface area contributed by atoms with Gasteiger partial charge in [0.2, 0.25) is 0 Å². The smallest absolute Gasteiger partial charge is 0.119 e. The molecule has 1 fully saturated rings. The van der Waals surface area contributed by atoms with Crippen molar-refractivity contribution in [1.29, 1.82) is 0 Å². The maximum absolute atomic E-state index is 6.05. The van der Waals surface area contributed by atoms with E-state index in [1.807, 2.05) is 6.07 Å². The average molecular weight is 233 g/mol. The minimum absolute atomic E-state index is 0.199. The summed E-state index contributed by atoms with van der Waals surface area (Å²) in [5.74, 6) is 1.51. The predicted octanol–water partition coefficient (Wildman–Crippen LogP) is 1.92. The molecule has 3 atom stereocenters. The maximum Gasteiger partial charge on any atom is 0.119 e. The normalized spacial score (nSPS) is 31.5. The zero-order chi connectivity index (χ0) is 11.8. The van der Waals surface area contributed by atoms with E-state index >= 15 is 0 Å². The van der Waals surface area contributed by atoms with Crippen LogP contribution in [0.25, 0.3) is 0 Å². The van der Waals surface area contributed by atoms with Crippen molar-refractivity contribution in [2.24, 2.45) is 5.92 Å². The van der Waals surface area contributed by atoms with Gasteiger partial charge in [0, 0.05) is 12.6 Å². The topological polar surface area (TPSA) is 30.5 Å². The van der Waals surface area contributed by atoms with Crippen molar-refractivity contribution in [2.45, 2.75) is 25.5 Å². The Labute approximate surface area is 102 Å². The van der Waals surface area contributed by atoms with Crippen molar-refractivity contribution in [3.05, 3.63) is 29.3 Å². The third-order valence-corrected chi connectivity index (χ3v) is 3.75. The summed E-state index contributed by atoms with van der Waals surface area (Å²) < 4.78 is 11.3. The number of hydrogen-bond donors (Lipinski definition) is 1. The standard InChI is InChI=1S/C14H19NO2/c1-9-7-15-13-5-10-3-4-11(16-2)6-12(10)14(13)17-8-9/h3-4,6,9,13-15H,5,7-8H2,1-2H3. The molecule has 92 valence electrons. The molecule has 1 aliphatic heterocycles. The molecule has 1 aromatic rings. The molecule has 3 unspecified atom stereocenters. The van der Waals surface area contributed by atoms with Crippen molar-refractivity contribution in [3.63, 3.8) is 0 Å². The first-order valence-electron chi connectivity index (χ1n) is 6.29. The highest BCUT2D eigenvalue weighted by Gasteiger charge is 2.35. The molecule has 0 spiro atoms. The van der Waals surface area contributed by atoms with Gasteiger partial charge in [-0.25, -0.2) is 0 Å². The van der Waals surface area contributed by atoms with Gasteiger partial charge in [-0.05, 0) is 35.6 Å². The summed E-state index contributed by atoms with van der Waals surface area (Å²) in [5, 5.41) is 3.61. The SMILES string of the molecule is COc1ccc2c(c1)C1OCC(C)CNC1C2. The molecule has 1 aromatic carbocycles. The van der Waals surface area contributed by atoms with Gasteiger partial charge in [0.05, 0.1) is 19.8 Å². The first-order valence-corrected chi connectivity index (χ1v) is 6.29. The monoisotopic (exact) mass is 233 g/mol. The second kappa shape index (κ2) is 4.31. The van der Waals surface area contributed by atoms with Crippen LogP contribution in [0.2, 0.25) is 0 Å². The van der Waals surface area contributed by atoms with Crippen LogP contribution in [0.4, 0.5) is 0 Å². The number of benzene rings is 1. The van der Waals surface area contributed by atoms with Crippen molar-refractivity contribution >= 4 is 0 Å². The molecule has 0 radical (unpaired) electrons. The van der Waals surface area contributed by atoms with Gasteiger partial charge in [-0.15, -0.1) is 0 Å². The molecule has 1 N–H and O–H groups in total. The number of nitrogens with one attached hydrogen (secondary N) is 1. The van der Waals surface area contributed by atoms with E-state index in [-0.39, 0.29) is 6.10 Å². The van der Waals surface area contributed by atoms with E-state index < -0.39 is 0 Å². The predicted molar refractivity (Wildman–Crippen MR) is 66.3 cm³/mol. The molecule has 17 heavy (non-hydrogen) atoms. The van der Waals surface area contributed by atoms with Crippen LogP contribution in [0.5, 0.6) is 5.75 Å². The lowest BCUT2D eigenvalue weighted by Gasteiger charge is -2.18. The molecular weight excluding hydrogens is 214 g/mol. The van der Waals surface area contributed by atoms with E-state index in [0.29, 0.717) is 12.0 Å². The number of rotatable bonds is 1. The summed E-state index contributed by atoms with van der Waals surface area (Å²) in [6.45, 7) is 4.11. The Morgan fingerprint density at radius 3 is 3.12 bits per heavy atom. The molecule has 2 aliphatic rings. The lowest BCUT2D eigenvalue weighted by atomic mass is 10.1. The first-order chi connectivity index (χ1) is 8.28. The van der Waals surface area contributed by atoms with Gasteiger partial charge in [0.15, 0.2) is 0 Å². The third kappa shape index (κ3) is 1.94. The first kappa shape index (κ1) is 11.1. The Kier molecular flexibility index (Phi) is 2.81. The van der Waals surface area contributed by atoms with Crippen LogP contribution in [-0.2, 0) is 11.2 Å². The molecule has 0 amide bonds. The average Bonchev–Trinajstić information content (AvgIpc) is 2.60. The van der Waals surface area contributed by atoms with Crippen molar-refractivity contribution < 1.29 is 9.47 Å². The fourth-order valence-electron chi connectivity index (χ4n) is 2.78. The van der Waals surface area contributed by atoms with Crippen LogP contribution in [0.1, 0.15) is 24.2 Å². The van der Waals surface area contributed by atoms with Gasteiger partial charge >= 0.3 is 0 Å². The van der Waals surface area contributed by atoms with Crippen LogP contribution in [0.15, 0.2) is 18.2 Å².